The number of carboxylic acid groups (broad SMARTS) is 1. The highest BCUT2D eigenvalue weighted by Crippen LogP contribution is 2.19. The van der Waals surface area contributed by atoms with Crippen molar-refractivity contribution >= 4 is 11.8 Å². The van der Waals surface area contributed by atoms with Crippen LogP contribution in [0.4, 0.5) is 0 Å². The number of ketones is 1. The second kappa shape index (κ2) is 31.0. The van der Waals surface area contributed by atoms with Crippen LogP contribution in [-0.2, 0) is 9.59 Å². The third kappa shape index (κ3) is 26.0. The van der Waals surface area contributed by atoms with Crippen molar-refractivity contribution < 1.29 is 19.8 Å². The first-order valence-electron chi connectivity index (χ1n) is 18.0. The van der Waals surface area contributed by atoms with Gasteiger partial charge in [-0.1, -0.05) is 194 Å². The van der Waals surface area contributed by atoms with Crippen LogP contribution in [0.25, 0.3) is 0 Å². The fraction of sp³-hybridized carbons (Fsp3) is 0.944. The van der Waals surface area contributed by atoms with Crippen LogP contribution in [0.5, 0.6) is 0 Å². The molecule has 0 aliphatic carbocycles. The molecule has 40 heavy (non-hydrogen) atoms. The number of hydrogen-bond donors (Lipinski definition) is 2. The SMILES string of the molecule is CCCCCCCCCCCCCCCCC(O)C(=O)C(CCCCCCCCCCCCCCCC)C(=O)O. The summed E-state index contributed by atoms with van der Waals surface area (Å²) >= 11 is 0. The van der Waals surface area contributed by atoms with Crippen molar-refractivity contribution in [3.05, 3.63) is 0 Å². The lowest BCUT2D eigenvalue weighted by Crippen LogP contribution is -2.33. The number of hydrogen-bond acceptors (Lipinski definition) is 3. The Hall–Kier alpha value is -0.900. The molecule has 2 atom stereocenters. The van der Waals surface area contributed by atoms with E-state index in [0.29, 0.717) is 12.8 Å². The molecule has 2 N–H and O–H groups in total. The summed E-state index contributed by atoms with van der Waals surface area (Å²) in [6.45, 7) is 4.52. The van der Waals surface area contributed by atoms with Crippen LogP contribution in [0.2, 0.25) is 0 Å². The van der Waals surface area contributed by atoms with E-state index in [1.54, 1.807) is 0 Å². The van der Waals surface area contributed by atoms with Crippen molar-refractivity contribution in [1.82, 2.24) is 0 Å². The summed E-state index contributed by atoms with van der Waals surface area (Å²) in [6.07, 6.45) is 34.9. The monoisotopic (exact) mass is 567 g/mol. The van der Waals surface area contributed by atoms with Gasteiger partial charge < -0.3 is 10.2 Å². The molecule has 0 rings (SSSR count). The molecule has 0 aliphatic rings. The maximum absolute atomic E-state index is 12.6. The van der Waals surface area contributed by atoms with Gasteiger partial charge in [0.25, 0.3) is 0 Å². The molecule has 4 nitrogen and oxygen atoms in total. The highest BCUT2D eigenvalue weighted by molar-refractivity contribution is 6.00. The minimum atomic E-state index is -1.12. The number of carbonyl (C=O) groups excluding carboxylic acids is 1. The van der Waals surface area contributed by atoms with Crippen LogP contribution in [0.1, 0.15) is 206 Å². The van der Waals surface area contributed by atoms with E-state index >= 15 is 0 Å². The summed E-state index contributed by atoms with van der Waals surface area (Å²) in [4.78, 5) is 24.3. The molecule has 0 saturated heterocycles. The summed E-state index contributed by atoms with van der Waals surface area (Å²) in [5, 5.41) is 19.9. The van der Waals surface area contributed by atoms with E-state index in [1.165, 1.54) is 141 Å². The van der Waals surface area contributed by atoms with E-state index in [2.05, 4.69) is 13.8 Å². The summed E-state index contributed by atoms with van der Waals surface area (Å²) in [7, 11) is 0. The molecule has 0 spiro atoms. The van der Waals surface area contributed by atoms with Gasteiger partial charge in [-0.3, -0.25) is 9.59 Å². The second-order valence-corrected chi connectivity index (χ2v) is 12.6. The number of aliphatic hydroxyl groups excluding tert-OH is 1. The molecule has 238 valence electrons. The van der Waals surface area contributed by atoms with Gasteiger partial charge in [0.15, 0.2) is 5.78 Å². The molecule has 0 aromatic carbocycles. The fourth-order valence-corrected chi connectivity index (χ4v) is 5.84. The Balaban J connectivity index is 3.68. The number of aliphatic hydroxyl groups is 1. The predicted molar refractivity (Wildman–Crippen MR) is 172 cm³/mol. The molecule has 2 unspecified atom stereocenters. The highest BCUT2D eigenvalue weighted by Gasteiger charge is 2.30. The topological polar surface area (TPSA) is 74.6 Å². The Labute approximate surface area is 249 Å². The zero-order valence-corrected chi connectivity index (χ0v) is 27.1. The van der Waals surface area contributed by atoms with E-state index in [1.807, 2.05) is 0 Å². The smallest absolute Gasteiger partial charge is 0.314 e. The summed E-state index contributed by atoms with van der Waals surface area (Å²) in [6, 6.07) is 0. The van der Waals surface area contributed by atoms with E-state index < -0.39 is 23.8 Å². The van der Waals surface area contributed by atoms with Gasteiger partial charge >= 0.3 is 5.97 Å². The summed E-state index contributed by atoms with van der Waals surface area (Å²) < 4.78 is 0. The number of unbranched alkanes of at least 4 members (excludes halogenated alkanes) is 26. The van der Waals surface area contributed by atoms with Gasteiger partial charge in [-0.25, -0.2) is 0 Å². The largest absolute Gasteiger partial charge is 0.481 e. The first kappa shape index (κ1) is 39.1. The lowest BCUT2D eigenvalue weighted by molar-refractivity contribution is -0.149. The van der Waals surface area contributed by atoms with E-state index in [-0.39, 0.29) is 0 Å². The Morgan fingerprint density at radius 3 is 0.950 bits per heavy atom. The molecule has 0 aromatic rings. The Morgan fingerprint density at radius 1 is 0.425 bits per heavy atom. The van der Waals surface area contributed by atoms with Crippen LogP contribution in [-0.4, -0.2) is 28.1 Å². The molecule has 0 aromatic heterocycles. The van der Waals surface area contributed by atoms with Crippen molar-refractivity contribution in [3.8, 4) is 0 Å². The van der Waals surface area contributed by atoms with E-state index in [9.17, 15) is 19.8 Å². The molecular weight excluding hydrogens is 496 g/mol. The lowest BCUT2D eigenvalue weighted by Gasteiger charge is -2.16. The van der Waals surface area contributed by atoms with E-state index in [0.717, 1.165) is 38.5 Å². The average molecular weight is 567 g/mol. The Bertz CT molecular complexity index is 547. The maximum atomic E-state index is 12.6. The number of carbonyl (C=O) groups is 2. The van der Waals surface area contributed by atoms with Gasteiger partial charge in [-0.05, 0) is 12.8 Å². The lowest BCUT2D eigenvalue weighted by atomic mass is 9.91. The quantitative estimate of drug-likeness (QED) is 0.0612. The molecule has 0 saturated carbocycles. The van der Waals surface area contributed by atoms with Gasteiger partial charge in [-0.15, -0.1) is 0 Å². The van der Waals surface area contributed by atoms with Crippen molar-refractivity contribution in [2.75, 3.05) is 0 Å². The van der Waals surface area contributed by atoms with Gasteiger partial charge in [0.2, 0.25) is 0 Å². The standard InChI is InChI=1S/C36H70O4/c1-3-5-7-9-11-13-15-17-19-21-23-25-27-29-31-33(36(39)40)35(38)34(37)32-30-28-26-24-22-20-18-16-14-12-10-8-6-4-2/h33-34,37H,3-32H2,1-2H3,(H,39,40). The Morgan fingerprint density at radius 2 is 0.675 bits per heavy atom. The second-order valence-electron chi connectivity index (χ2n) is 12.6. The first-order valence-corrected chi connectivity index (χ1v) is 18.0. The molecule has 0 radical (unpaired) electrons. The molecule has 0 heterocycles. The molecule has 4 heteroatoms. The third-order valence-corrected chi connectivity index (χ3v) is 8.65. The molecule has 0 bridgehead atoms. The van der Waals surface area contributed by atoms with Gasteiger partial charge in [0.05, 0.1) is 0 Å². The van der Waals surface area contributed by atoms with Gasteiger partial charge in [0.1, 0.15) is 12.0 Å². The number of rotatable bonds is 33. The van der Waals surface area contributed by atoms with Crippen LogP contribution < -0.4 is 0 Å². The van der Waals surface area contributed by atoms with Gasteiger partial charge in [-0.2, -0.15) is 0 Å². The minimum Gasteiger partial charge on any atom is -0.481 e. The van der Waals surface area contributed by atoms with Crippen molar-refractivity contribution in [2.45, 2.75) is 213 Å². The van der Waals surface area contributed by atoms with Crippen LogP contribution in [0.15, 0.2) is 0 Å². The van der Waals surface area contributed by atoms with Crippen LogP contribution in [0, 0.1) is 5.92 Å². The summed E-state index contributed by atoms with van der Waals surface area (Å²) in [5.74, 6) is -2.59. The molecule has 0 amide bonds. The zero-order chi connectivity index (χ0) is 29.5. The van der Waals surface area contributed by atoms with Crippen LogP contribution >= 0.6 is 0 Å². The van der Waals surface area contributed by atoms with Gasteiger partial charge in [0, 0.05) is 0 Å². The van der Waals surface area contributed by atoms with Crippen LogP contribution in [0.3, 0.4) is 0 Å². The van der Waals surface area contributed by atoms with Crippen molar-refractivity contribution in [3.63, 3.8) is 0 Å². The highest BCUT2D eigenvalue weighted by atomic mass is 16.4. The minimum absolute atomic E-state index is 0.363. The fourth-order valence-electron chi connectivity index (χ4n) is 5.84. The maximum Gasteiger partial charge on any atom is 0.314 e. The summed E-state index contributed by atoms with van der Waals surface area (Å²) in [5.41, 5.74) is 0. The number of carboxylic acids is 1. The van der Waals surface area contributed by atoms with E-state index in [4.69, 9.17) is 0 Å². The normalized spacial score (nSPS) is 13.0. The Kier molecular flexibility index (Phi) is 30.3. The molecular formula is C36H70O4. The molecule has 0 fully saturated rings. The zero-order valence-electron chi connectivity index (χ0n) is 27.1. The first-order chi connectivity index (χ1) is 19.5. The van der Waals surface area contributed by atoms with Crippen molar-refractivity contribution in [2.24, 2.45) is 5.92 Å². The van der Waals surface area contributed by atoms with Crippen molar-refractivity contribution in [1.29, 1.82) is 0 Å². The predicted octanol–water partition coefficient (Wildman–Crippen LogP) is 11.4. The molecule has 0 aliphatic heterocycles. The number of aliphatic carboxylic acids is 1. The third-order valence-electron chi connectivity index (χ3n) is 8.65. The number of Topliss-reactive ketones (excluding diaryl/α,β-unsaturated/α-hetero) is 1. The average Bonchev–Trinajstić information content (AvgIpc) is 2.94.